The van der Waals surface area contributed by atoms with Gasteiger partial charge < -0.3 is 10.1 Å². The van der Waals surface area contributed by atoms with E-state index in [9.17, 15) is 34.8 Å². The summed E-state index contributed by atoms with van der Waals surface area (Å²) in [6.45, 7) is 1.76. The van der Waals surface area contributed by atoms with E-state index < -0.39 is 54.9 Å². The molecule has 0 bridgehead atoms. The van der Waals surface area contributed by atoms with E-state index in [2.05, 4.69) is 5.32 Å². The average molecular weight is 674 g/mol. The van der Waals surface area contributed by atoms with Crippen molar-refractivity contribution in [3.8, 4) is 5.75 Å². The van der Waals surface area contributed by atoms with Crippen LogP contribution >= 0.6 is 11.6 Å². The van der Waals surface area contributed by atoms with Crippen LogP contribution in [0.15, 0.2) is 76.5 Å². The number of hydrogen-bond acceptors (Lipinski definition) is 6. The molecule has 1 fully saturated rings. The molecule has 0 radical (unpaired) electrons. The van der Waals surface area contributed by atoms with Gasteiger partial charge in [-0.25, -0.2) is 16.8 Å². The van der Waals surface area contributed by atoms with Crippen LogP contribution < -0.4 is 14.4 Å². The first-order chi connectivity index (χ1) is 20.7. The fourth-order valence-electron chi connectivity index (χ4n) is 4.55. The summed E-state index contributed by atoms with van der Waals surface area (Å²) in [6.07, 6.45) is -2.23. The zero-order chi connectivity index (χ0) is 32.1. The average Bonchev–Trinajstić information content (AvgIpc) is 2.99. The molecule has 1 N–H and O–H groups in total. The fraction of sp³-hybridized carbons (Fsp3) is 0.345. The summed E-state index contributed by atoms with van der Waals surface area (Å²) < 4.78 is 101. The van der Waals surface area contributed by atoms with Crippen LogP contribution in [0.2, 0.25) is 5.02 Å². The SMILES string of the molecule is Cc1ccc(S(=O)(=O)N(CC(=O)NCCOc2ccc(S(=O)(=O)N3CCCCC3)cc2)c2ccc(Cl)c(C(F)(F)F)c2)cc1. The van der Waals surface area contributed by atoms with E-state index in [0.717, 1.165) is 37.0 Å². The van der Waals surface area contributed by atoms with Crippen LogP contribution in [0.5, 0.6) is 5.75 Å². The number of piperidine rings is 1. The molecule has 0 unspecified atom stereocenters. The summed E-state index contributed by atoms with van der Waals surface area (Å²) in [7, 11) is -8.06. The molecule has 1 heterocycles. The number of benzene rings is 3. The molecule has 15 heteroatoms. The van der Waals surface area contributed by atoms with Crippen molar-refractivity contribution in [2.24, 2.45) is 0 Å². The summed E-state index contributed by atoms with van der Waals surface area (Å²) in [5.74, 6) is -0.447. The Morgan fingerprint density at radius 1 is 0.932 bits per heavy atom. The van der Waals surface area contributed by atoms with Crippen LogP contribution in [0.1, 0.15) is 30.4 Å². The van der Waals surface area contributed by atoms with E-state index in [1.807, 2.05) is 0 Å². The van der Waals surface area contributed by atoms with Crippen LogP contribution in [-0.4, -0.2) is 59.8 Å². The van der Waals surface area contributed by atoms with Crippen molar-refractivity contribution >= 4 is 43.2 Å². The van der Waals surface area contributed by atoms with E-state index in [1.165, 1.54) is 52.8 Å². The van der Waals surface area contributed by atoms with E-state index in [0.29, 0.717) is 29.2 Å². The van der Waals surface area contributed by atoms with Crippen LogP contribution in [0.3, 0.4) is 0 Å². The predicted molar refractivity (Wildman–Crippen MR) is 160 cm³/mol. The van der Waals surface area contributed by atoms with Gasteiger partial charge in [-0.15, -0.1) is 0 Å². The molecule has 0 atom stereocenters. The number of carbonyl (C=O) groups excluding carboxylic acids is 1. The topological polar surface area (TPSA) is 113 Å². The third-order valence-electron chi connectivity index (χ3n) is 6.91. The van der Waals surface area contributed by atoms with Gasteiger partial charge in [0.2, 0.25) is 15.9 Å². The first-order valence-electron chi connectivity index (χ1n) is 13.7. The Morgan fingerprint density at radius 2 is 1.55 bits per heavy atom. The zero-order valence-corrected chi connectivity index (χ0v) is 26.1. The van der Waals surface area contributed by atoms with Gasteiger partial charge in [-0.1, -0.05) is 35.7 Å². The number of alkyl halides is 3. The van der Waals surface area contributed by atoms with Gasteiger partial charge in [0.25, 0.3) is 10.0 Å². The first kappa shape index (κ1) is 33.6. The number of hydrogen-bond donors (Lipinski definition) is 1. The Labute approximate surface area is 259 Å². The van der Waals surface area contributed by atoms with Crippen LogP contribution in [0, 0.1) is 6.92 Å². The van der Waals surface area contributed by atoms with E-state index >= 15 is 0 Å². The Hall–Kier alpha value is -3.33. The van der Waals surface area contributed by atoms with Crippen LogP contribution in [-0.2, 0) is 31.0 Å². The van der Waals surface area contributed by atoms with Crippen molar-refractivity contribution < 1.29 is 39.5 Å². The van der Waals surface area contributed by atoms with Gasteiger partial charge in [-0.3, -0.25) is 9.10 Å². The second-order valence-electron chi connectivity index (χ2n) is 10.1. The molecule has 1 aliphatic rings. The lowest BCUT2D eigenvalue weighted by Gasteiger charge is -2.25. The number of carbonyl (C=O) groups is 1. The molecule has 9 nitrogen and oxygen atoms in total. The smallest absolute Gasteiger partial charge is 0.417 e. The molecule has 1 aliphatic heterocycles. The molecule has 3 aromatic carbocycles. The number of anilines is 1. The van der Waals surface area contributed by atoms with Gasteiger partial charge in [-0.05, 0) is 74.4 Å². The standard InChI is InChI=1S/C29H31ClF3N3O6S2/c1-21-5-10-25(11-6-21)44(40,41)36(22-7-14-27(30)26(19-22)29(31,32)33)20-28(37)34-15-18-42-23-8-12-24(13-9-23)43(38,39)35-16-3-2-4-17-35/h5-14,19H,2-4,15-18,20H2,1H3,(H,34,37). The Balaban J connectivity index is 1.42. The number of rotatable bonds is 11. The fourth-order valence-corrected chi connectivity index (χ4v) is 7.70. The number of ether oxygens (including phenoxy) is 1. The van der Waals surface area contributed by atoms with Crippen molar-refractivity contribution in [1.82, 2.24) is 9.62 Å². The summed E-state index contributed by atoms with van der Waals surface area (Å²) in [6, 6.07) is 14.1. The van der Waals surface area contributed by atoms with Gasteiger partial charge >= 0.3 is 6.18 Å². The van der Waals surface area contributed by atoms with Gasteiger partial charge in [0.05, 0.1) is 32.6 Å². The van der Waals surface area contributed by atoms with Gasteiger partial charge in [0.1, 0.15) is 18.9 Å². The monoisotopic (exact) mass is 673 g/mol. The third-order valence-corrected chi connectivity index (χ3v) is 10.9. The molecule has 3 aromatic rings. The van der Waals surface area contributed by atoms with Gasteiger partial charge in [0, 0.05) is 13.1 Å². The minimum atomic E-state index is -4.86. The number of aryl methyl sites for hydroxylation is 1. The van der Waals surface area contributed by atoms with Gasteiger partial charge in [0.15, 0.2) is 0 Å². The Bertz CT molecular complexity index is 1680. The van der Waals surface area contributed by atoms with E-state index in [-0.39, 0.29) is 22.9 Å². The second kappa shape index (κ2) is 13.8. The minimum absolute atomic E-state index is 0.0478. The molecular formula is C29H31ClF3N3O6S2. The number of halogens is 4. The quantitative estimate of drug-likeness (QED) is 0.279. The predicted octanol–water partition coefficient (Wildman–Crippen LogP) is 5.23. The number of nitrogens with zero attached hydrogens (tertiary/aromatic N) is 2. The van der Waals surface area contributed by atoms with Crippen molar-refractivity contribution in [3.05, 3.63) is 82.9 Å². The molecule has 44 heavy (non-hydrogen) atoms. The zero-order valence-electron chi connectivity index (χ0n) is 23.7. The molecular weight excluding hydrogens is 643 g/mol. The number of nitrogens with one attached hydrogen (secondary N) is 1. The van der Waals surface area contributed by atoms with Crippen molar-refractivity contribution in [2.45, 2.75) is 42.2 Å². The minimum Gasteiger partial charge on any atom is -0.492 e. The van der Waals surface area contributed by atoms with Crippen molar-refractivity contribution in [2.75, 3.05) is 37.1 Å². The highest BCUT2D eigenvalue weighted by molar-refractivity contribution is 7.92. The Kier molecular flexibility index (Phi) is 10.5. The third kappa shape index (κ3) is 8.03. The summed E-state index contributed by atoms with van der Waals surface area (Å²) in [5, 5.41) is 1.88. The molecule has 1 amide bonds. The summed E-state index contributed by atoms with van der Waals surface area (Å²) in [5.41, 5.74) is -0.880. The number of sulfonamides is 2. The van der Waals surface area contributed by atoms with Gasteiger partial charge in [-0.2, -0.15) is 17.5 Å². The first-order valence-corrected chi connectivity index (χ1v) is 16.9. The highest BCUT2D eigenvalue weighted by Gasteiger charge is 2.35. The van der Waals surface area contributed by atoms with Crippen LogP contribution in [0.4, 0.5) is 18.9 Å². The maximum Gasteiger partial charge on any atom is 0.417 e. The summed E-state index contributed by atoms with van der Waals surface area (Å²) >= 11 is 5.73. The maximum absolute atomic E-state index is 13.6. The highest BCUT2D eigenvalue weighted by Crippen LogP contribution is 2.38. The molecule has 0 aliphatic carbocycles. The van der Waals surface area contributed by atoms with E-state index in [4.69, 9.17) is 16.3 Å². The lowest BCUT2D eigenvalue weighted by atomic mass is 10.2. The normalized spacial score (nSPS) is 14.7. The molecule has 0 spiro atoms. The largest absolute Gasteiger partial charge is 0.492 e. The molecule has 1 saturated heterocycles. The second-order valence-corrected chi connectivity index (χ2v) is 14.3. The molecule has 0 aromatic heterocycles. The molecule has 4 rings (SSSR count). The number of amides is 1. The van der Waals surface area contributed by atoms with Crippen molar-refractivity contribution in [1.29, 1.82) is 0 Å². The molecule has 0 saturated carbocycles. The maximum atomic E-state index is 13.6. The highest BCUT2D eigenvalue weighted by atomic mass is 35.5. The van der Waals surface area contributed by atoms with Crippen LogP contribution in [0.25, 0.3) is 0 Å². The van der Waals surface area contributed by atoms with Crippen molar-refractivity contribution in [3.63, 3.8) is 0 Å². The van der Waals surface area contributed by atoms with E-state index in [1.54, 1.807) is 6.92 Å². The molecule has 238 valence electrons. The lowest BCUT2D eigenvalue weighted by Crippen LogP contribution is -2.42. The summed E-state index contributed by atoms with van der Waals surface area (Å²) in [4.78, 5) is 12.8. The Morgan fingerprint density at radius 3 is 2.16 bits per heavy atom. The lowest BCUT2D eigenvalue weighted by molar-refractivity contribution is -0.137.